The molecule has 6 nitrogen and oxygen atoms in total. The zero-order valence-electron chi connectivity index (χ0n) is 15.8. The Labute approximate surface area is 163 Å². The smallest absolute Gasteiger partial charge is 0.248 e. The Kier molecular flexibility index (Phi) is 4.60. The average Bonchev–Trinajstić information content (AvgIpc) is 3.06. The van der Waals surface area contributed by atoms with E-state index in [4.69, 9.17) is 0 Å². The van der Waals surface area contributed by atoms with Crippen LogP contribution in [0.2, 0.25) is 0 Å². The number of hydrazine groups is 1. The number of fused-ring (bicyclic) bond motifs is 1. The third-order valence-electron chi connectivity index (χ3n) is 7.06. The Balaban J connectivity index is 1.29. The van der Waals surface area contributed by atoms with Crippen molar-refractivity contribution in [2.45, 2.75) is 68.7 Å². The lowest BCUT2D eigenvalue weighted by atomic mass is 9.69. The van der Waals surface area contributed by atoms with Gasteiger partial charge >= 0.3 is 0 Å². The van der Waals surface area contributed by atoms with Crippen LogP contribution in [0.5, 0.6) is 0 Å². The molecule has 2 saturated carbocycles. The number of pyridine rings is 1. The van der Waals surface area contributed by atoms with E-state index in [1.807, 2.05) is 18.3 Å². The van der Waals surface area contributed by atoms with Crippen molar-refractivity contribution in [1.82, 2.24) is 26.1 Å². The van der Waals surface area contributed by atoms with Crippen molar-refractivity contribution in [3.05, 3.63) is 30.1 Å². The number of carbonyl (C=O) groups excluding carboxylic acids is 1. The van der Waals surface area contributed by atoms with Gasteiger partial charge in [0, 0.05) is 49.2 Å². The normalized spacial score (nSPS) is 38.5. The fourth-order valence-electron chi connectivity index (χ4n) is 5.30. The summed E-state index contributed by atoms with van der Waals surface area (Å²) in [4.78, 5) is 17.3. The first-order valence-corrected chi connectivity index (χ1v) is 10.4. The van der Waals surface area contributed by atoms with Crippen LogP contribution >= 0.6 is 0 Å². The lowest BCUT2D eigenvalue weighted by Gasteiger charge is -2.48. The largest absolute Gasteiger partial charge is 0.340 e. The van der Waals surface area contributed by atoms with E-state index in [2.05, 4.69) is 32.1 Å². The molecule has 0 aromatic carbocycles. The summed E-state index contributed by atoms with van der Waals surface area (Å²) in [5, 5.41) is 8.85. The lowest BCUT2D eigenvalue weighted by molar-refractivity contribution is -0.133. The van der Waals surface area contributed by atoms with Crippen LogP contribution in [0.25, 0.3) is 0 Å². The molecule has 28 heavy (non-hydrogen) atoms. The van der Waals surface area contributed by atoms with E-state index in [9.17, 15) is 13.6 Å². The van der Waals surface area contributed by atoms with Gasteiger partial charge in [-0.1, -0.05) is 6.07 Å². The maximum atomic E-state index is 13.6. The fraction of sp³-hybridized carbons (Fsp3) is 0.700. The Bertz CT molecular complexity index is 723. The highest BCUT2D eigenvalue weighted by Gasteiger charge is 2.51. The number of rotatable bonds is 3. The van der Waals surface area contributed by atoms with E-state index in [1.165, 1.54) is 0 Å². The molecule has 152 valence electrons. The van der Waals surface area contributed by atoms with Gasteiger partial charge in [-0.05, 0) is 37.8 Å². The molecule has 1 amide bonds. The number of halogens is 2. The first-order valence-electron chi connectivity index (χ1n) is 10.4. The zero-order chi connectivity index (χ0) is 19.3. The average molecular weight is 391 g/mol. The Hall–Kier alpha value is -1.64. The van der Waals surface area contributed by atoms with Crippen LogP contribution in [0.3, 0.4) is 0 Å². The minimum Gasteiger partial charge on any atom is -0.340 e. The van der Waals surface area contributed by atoms with Crippen molar-refractivity contribution in [3.63, 3.8) is 0 Å². The quantitative estimate of drug-likeness (QED) is 0.735. The minimum atomic E-state index is -2.54. The van der Waals surface area contributed by atoms with Gasteiger partial charge < -0.3 is 5.32 Å². The standard InChI is InChI=1S/C20H27F2N5O/c21-20(22)8-6-12(7-9-20)27-18-15(11-24-27)19(28)26-17(25-18)14-5-4-13(14)16-3-1-2-10-23-16/h1-3,10,12-15,17-18,24-25H,4-9,11H2,(H,26,28). The second kappa shape index (κ2) is 7.00. The van der Waals surface area contributed by atoms with Gasteiger partial charge in [0.1, 0.15) is 0 Å². The van der Waals surface area contributed by atoms with Gasteiger partial charge in [-0.2, -0.15) is 0 Å². The van der Waals surface area contributed by atoms with Crippen LogP contribution in [-0.2, 0) is 4.79 Å². The molecular weight excluding hydrogens is 364 g/mol. The number of nitrogens with zero attached hydrogens (tertiary/aromatic N) is 2. The molecule has 5 atom stereocenters. The molecule has 1 aromatic rings. The molecule has 8 heteroatoms. The summed E-state index contributed by atoms with van der Waals surface area (Å²) >= 11 is 0. The highest BCUT2D eigenvalue weighted by Crippen LogP contribution is 2.44. The van der Waals surface area contributed by atoms with Gasteiger partial charge in [-0.15, -0.1) is 0 Å². The molecule has 5 unspecified atom stereocenters. The fourth-order valence-corrected chi connectivity index (χ4v) is 5.30. The SMILES string of the molecule is O=C1NC(C2CCC2c2ccccn2)NC2C1CNN2C1CCC(F)(F)CC1. The van der Waals surface area contributed by atoms with Gasteiger partial charge in [0.15, 0.2) is 0 Å². The molecule has 0 bridgehead atoms. The summed E-state index contributed by atoms with van der Waals surface area (Å²) in [7, 11) is 0. The third-order valence-corrected chi connectivity index (χ3v) is 7.06. The number of amides is 1. The van der Waals surface area contributed by atoms with E-state index < -0.39 is 5.92 Å². The Morgan fingerprint density at radius 1 is 1.11 bits per heavy atom. The third kappa shape index (κ3) is 3.21. The monoisotopic (exact) mass is 391 g/mol. The molecule has 1 aromatic heterocycles. The van der Waals surface area contributed by atoms with Crippen LogP contribution in [0.15, 0.2) is 24.4 Å². The second-order valence-electron chi connectivity index (χ2n) is 8.66. The van der Waals surface area contributed by atoms with Crippen LogP contribution in [0.4, 0.5) is 8.78 Å². The molecule has 3 heterocycles. The minimum absolute atomic E-state index is 0.0432. The van der Waals surface area contributed by atoms with Gasteiger partial charge in [0.05, 0.1) is 18.2 Å². The van der Waals surface area contributed by atoms with E-state index in [1.54, 1.807) is 0 Å². The van der Waals surface area contributed by atoms with Gasteiger partial charge in [0.2, 0.25) is 11.8 Å². The summed E-state index contributed by atoms with van der Waals surface area (Å²) in [6.45, 7) is 0.553. The van der Waals surface area contributed by atoms with Crippen molar-refractivity contribution < 1.29 is 13.6 Å². The van der Waals surface area contributed by atoms with E-state index in [-0.39, 0.29) is 43.0 Å². The highest BCUT2D eigenvalue weighted by molar-refractivity contribution is 5.81. The maximum Gasteiger partial charge on any atom is 0.248 e. The Morgan fingerprint density at radius 3 is 2.61 bits per heavy atom. The molecule has 4 aliphatic rings. The van der Waals surface area contributed by atoms with Gasteiger partial charge in [0.25, 0.3) is 0 Å². The molecule has 0 radical (unpaired) electrons. The van der Waals surface area contributed by atoms with Gasteiger partial charge in [-0.25, -0.2) is 13.8 Å². The molecule has 2 aliphatic carbocycles. The highest BCUT2D eigenvalue weighted by atomic mass is 19.3. The summed E-state index contributed by atoms with van der Waals surface area (Å²) in [5.41, 5.74) is 4.39. The molecule has 0 spiro atoms. The predicted octanol–water partition coefficient (Wildman–Crippen LogP) is 1.96. The van der Waals surface area contributed by atoms with E-state index >= 15 is 0 Å². The summed E-state index contributed by atoms with van der Waals surface area (Å²) < 4.78 is 27.1. The van der Waals surface area contributed by atoms with Crippen LogP contribution in [0, 0.1) is 11.8 Å². The number of carbonyl (C=O) groups is 1. The molecule has 5 rings (SSSR count). The molecule has 2 saturated heterocycles. The molecule has 3 N–H and O–H groups in total. The number of nitrogens with one attached hydrogen (secondary N) is 3. The van der Waals surface area contributed by atoms with Gasteiger partial charge in [-0.3, -0.25) is 20.5 Å². The number of alkyl halides is 2. The van der Waals surface area contributed by atoms with Crippen molar-refractivity contribution in [2.75, 3.05) is 6.54 Å². The topological polar surface area (TPSA) is 69.3 Å². The summed E-state index contributed by atoms with van der Waals surface area (Å²) in [6, 6.07) is 6.01. The van der Waals surface area contributed by atoms with Crippen molar-refractivity contribution in [1.29, 1.82) is 0 Å². The van der Waals surface area contributed by atoms with Crippen molar-refractivity contribution in [3.8, 4) is 0 Å². The predicted molar refractivity (Wildman–Crippen MR) is 99.1 cm³/mol. The first kappa shape index (κ1) is 18.4. The Morgan fingerprint density at radius 2 is 1.93 bits per heavy atom. The van der Waals surface area contributed by atoms with Crippen LogP contribution in [0.1, 0.15) is 50.1 Å². The summed E-state index contributed by atoms with van der Waals surface area (Å²) in [5.74, 6) is -2.04. The number of hydrogen-bond acceptors (Lipinski definition) is 5. The molecule has 2 aliphatic heterocycles. The second-order valence-corrected chi connectivity index (χ2v) is 8.66. The molecular formula is C20H27F2N5O. The molecule has 4 fully saturated rings. The van der Waals surface area contributed by atoms with Crippen LogP contribution in [-0.4, -0.2) is 46.7 Å². The lowest BCUT2D eigenvalue weighted by Crippen LogP contribution is -2.68. The zero-order valence-corrected chi connectivity index (χ0v) is 15.8. The maximum absolute atomic E-state index is 13.6. The summed E-state index contributed by atoms with van der Waals surface area (Å²) in [6.07, 6.45) is 4.44. The van der Waals surface area contributed by atoms with Crippen molar-refractivity contribution >= 4 is 5.91 Å². The number of aromatic nitrogens is 1. The van der Waals surface area contributed by atoms with Crippen molar-refractivity contribution in [2.24, 2.45) is 11.8 Å². The van der Waals surface area contributed by atoms with Crippen LogP contribution < -0.4 is 16.1 Å². The number of hydrogen-bond donors (Lipinski definition) is 3. The van der Waals surface area contributed by atoms with E-state index in [0.717, 1.165) is 18.5 Å². The van der Waals surface area contributed by atoms with E-state index in [0.29, 0.717) is 31.2 Å². The first-order chi connectivity index (χ1) is 13.5.